The van der Waals surface area contributed by atoms with Crippen molar-refractivity contribution in [3.05, 3.63) is 59.2 Å². The quantitative estimate of drug-likeness (QED) is 0.932. The number of hydrogen-bond acceptors (Lipinski definition) is 4. The standard InChI is InChI=1S/C20H23NO3/c1-21(2)14-7-5-13(6-8-14)15-9-10-16-17(23-3)11-12-18(24-4)19(16)20(15)22/h5-12,15,20,22H,1-4H3/t15-,20+/m1/s1. The number of aliphatic hydroxyl groups is 1. The van der Waals surface area contributed by atoms with Gasteiger partial charge in [-0.3, -0.25) is 0 Å². The van der Waals surface area contributed by atoms with E-state index in [9.17, 15) is 5.11 Å². The van der Waals surface area contributed by atoms with E-state index in [0.717, 1.165) is 28.1 Å². The SMILES string of the molecule is COc1ccc(OC)c2c1C=C[C@H](c1ccc(N(C)C)cc1)[C@@H]2O. The largest absolute Gasteiger partial charge is 0.496 e. The second-order valence-electron chi connectivity index (χ2n) is 6.11. The van der Waals surface area contributed by atoms with Gasteiger partial charge in [0, 0.05) is 36.8 Å². The van der Waals surface area contributed by atoms with Gasteiger partial charge in [0.2, 0.25) is 0 Å². The third-order valence-corrected chi connectivity index (χ3v) is 4.55. The summed E-state index contributed by atoms with van der Waals surface area (Å²) in [5, 5.41) is 11.0. The van der Waals surface area contributed by atoms with Crippen molar-refractivity contribution in [3.8, 4) is 11.5 Å². The zero-order chi connectivity index (χ0) is 17.3. The molecule has 2 aromatic carbocycles. The Morgan fingerprint density at radius 1 is 0.917 bits per heavy atom. The molecule has 0 aromatic heterocycles. The Kier molecular flexibility index (Phi) is 4.49. The summed E-state index contributed by atoms with van der Waals surface area (Å²) in [4.78, 5) is 2.06. The Morgan fingerprint density at radius 2 is 1.54 bits per heavy atom. The molecular formula is C20H23NO3. The van der Waals surface area contributed by atoms with Gasteiger partial charge in [-0.1, -0.05) is 24.3 Å². The van der Waals surface area contributed by atoms with Gasteiger partial charge in [0.25, 0.3) is 0 Å². The minimum absolute atomic E-state index is 0.116. The van der Waals surface area contributed by atoms with Crippen molar-refractivity contribution in [2.75, 3.05) is 33.2 Å². The molecule has 4 nitrogen and oxygen atoms in total. The van der Waals surface area contributed by atoms with Crippen LogP contribution in [0.4, 0.5) is 5.69 Å². The Hall–Kier alpha value is -2.46. The molecule has 0 fully saturated rings. The Bertz CT molecular complexity index is 750. The summed E-state index contributed by atoms with van der Waals surface area (Å²) in [5.74, 6) is 1.30. The number of aliphatic hydroxyl groups excluding tert-OH is 1. The highest BCUT2D eigenvalue weighted by Crippen LogP contribution is 2.45. The predicted molar refractivity (Wildman–Crippen MR) is 97.0 cm³/mol. The monoisotopic (exact) mass is 325 g/mol. The lowest BCUT2D eigenvalue weighted by atomic mass is 9.82. The molecule has 0 saturated heterocycles. The van der Waals surface area contributed by atoms with Crippen LogP contribution in [0.3, 0.4) is 0 Å². The summed E-state index contributed by atoms with van der Waals surface area (Å²) < 4.78 is 10.9. The first-order chi connectivity index (χ1) is 11.6. The highest BCUT2D eigenvalue weighted by molar-refractivity contribution is 5.69. The lowest BCUT2D eigenvalue weighted by Gasteiger charge is -2.29. The molecule has 0 unspecified atom stereocenters. The lowest BCUT2D eigenvalue weighted by Crippen LogP contribution is -2.16. The van der Waals surface area contributed by atoms with E-state index in [1.807, 2.05) is 38.4 Å². The maximum Gasteiger partial charge on any atom is 0.126 e. The molecule has 0 aliphatic heterocycles. The van der Waals surface area contributed by atoms with Gasteiger partial charge in [0.15, 0.2) is 0 Å². The van der Waals surface area contributed by atoms with Crippen LogP contribution in [0.1, 0.15) is 28.7 Å². The minimum atomic E-state index is -0.680. The van der Waals surface area contributed by atoms with Crippen molar-refractivity contribution in [2.24, 2.45) is 0 Å². The fourth-order valence-electron chi connectivity index (χ4n) is 3.20. The molecule has 0 saturated carbocycles. The number of anilines is 1. The summed E-state index contributed by atoms with van der Waals surface area (Å²) in [6.45, 7) is 0. The number of methoxy groups -OCH3 is 2. The van der Waals surface area contributed by atoms with Gasteiger partial charge >= 0.3 is 0 Å². The van der Waals surface area contributed by atoms with Crippen molar-refractivity contribution >= 4 is 11.8 Å². The molecule has 126 valence electrons. The van der Waals surface area contributed by atoms with Crippen LogP contribution in [0, 0.1) is 0 Å². The van der Waals surface area contributed by atoms with Crippen LogP contribution in [0.25, 0.3) is 6.08 Å². The predicted octanol–water partition coefficient (Wildman–Crippen LogP) is 3.61. The van der Waals surface area contributed by atoms with Gasteiger partial charge in [-0.15, -0.1) is 0 Å². The molecule has 1 aliphatic carbocycles. The van der Waals surface area contributed by atoms with E-state index in [1.165, 1.54) is 0 Å². The first-order valence-corrected chi connectivity index (χ1v) is 7.95. The second kappa shape index (κ2) is 6.57. The first kappa shape index (κ1) is 16.4. The molecule has 0 amide bonds. The molecule has 2 aromatic rings. The third-order valence-electron chi connectivity index (χ3n) is 4.55. The zero-order valence-electron chi connectivity index (χ0n) is 14.5. The minimum Gasteiger partial charge on any atom is -0.496 e. The fraction of sp³-hybridized carbons (Fsp3) is 0.300. The molecule has 4 heteroatoms. The van der Waals surface area contributed by atoms with Gasteiger partial charge < -0.3 is 19.5 Å². The first-order valence-electron chi connectivity index (χ1n) is 7.95. The maximum absolute atomic E-state index is 11.0. The van der Waals surface area contributed by atoms with E-state index in [1.54, 1.807) is 14.2 Å². The van der Waals surface area contributed by atoms with Crippen molar-refractivity contribution in [3.63, 3.8) is 0 Å². The van der Waals surface area contributed by atoms with E-state index >= 15 is 0 Å². The van der Waals surface area contributed by atoms with Crippen LogP contribution in [-0.4, -0.2) is 33.4 Å². The van der Waals surface area contributed by atoms with Crippen LogP contribution >= 0.6 is 0 Å². The van der Waals surface area contributed by atoms with Crippen molar-refractivity contribution in [2.45, 2.75) is 12.0 Å². The summed E-state index contributed by atoms with van der Waals surface area (Å²) >= 11 is 0. The molecule has 0 radical (unpaired) electrons. The molecule has 24 heavy (non-hydrogen) atoms. The molecule has 3 rings (SSSR count). The van der Waals surface area contributed by atoms with Gasteiger partial charge in [-0.05, 0) is 29.8 Å². The van der Waals surface area contributed by atoms with Crippen molar-refractivity contribution in [1.82, 2.24) is 0 Å². The highest BCUT2D eigenvalue weighted by atomic mass is 16.5. The zero-order valence-corrected chi connectivity index (χ0v) is 14.5. The summed E-state index contributed by atoms with van der Waals surface area (Å²) in [5.41, 5.74) is 3.86. The van der Waals surface area contributed by atoms with Crippen LogP contribution in [0.2, 0.25) is 0 Å². The third kappa shape index (κ3) is 2.74. The van der Waals surface area contributed by atoms with Crippen LogP contribution in [0.5, 0.6) is 11.5 Å². The van der Waals surface area contributed by atoms with E-state index in [4.69, 9.17) is 9.47 Å². The van der Waals surface area contributed by atoms with Gasteiger partial charge in [0.05, 0.1) is 20.3 Å². The molecular weight excluding hydrogens is 302 g/mol. The number of hydrogen-bond donors (Lipinski definition) is 1. The molecule has 2 atom stereocenters. The summed E-state index contributed by atoms with van der Waals surface area (Å²) in [6.07, 6.45) is 3.35. The van der Waals surface area contributed by atoms with Gasteiger partial charge in [-0.25, -0.2) is 0 Å². The number of fused-ring (bicyclic) bond motifs is 1. The number of benzene rings is 2. The van der Waals surface area contributed by atoms with Crippen molar-refractivity contribution < 1.29 is 14.6 Å². The number of nitrogens with zero attached hydrogens (tertiary/aromatic N) is 1. The van der Waals surface area contributed by atoms with Gasteiger partial charge in [-0.2, -0.15) is 0 Å². The smallest absolute Gasteiger partial charge is 0.126 e. The number of ether oxygens (including phenoxy) is 2. The molecule has 1 aliphatic rings. The topological polar surface area (TPSA) is 41.9 Å². The normalized spacial score (nSPS) is 18.9. The van der Waals surface area contributed by atoms with E-state index in [0.29, 0.717) is 5.75 Å². The average Bonchev–Trinajstić information content (AvgIpc) is 2.61. The lowest BCUT2D eigenvalue weighted by molar-refractivity contribution is 0.155. The van der Waals surface area contributed by atoms with Crippen LogP contribution in [0.15, 0.2) is 42.5 Å². The summed E-state index contributed by atoms with van der Waals surface area (Å²) in [7, 11) is 7.28. The second-order valence-corrected chi connectivity index (χ2v) is 6.11. The molecule has 0 spiro atoms. The summed E-state index contributed by atoms with van der Waals surface area (Å²) in [6, 6.07) is 12.0. The molecule has 0 bridgehead atoms. The van der Waals surface area contributed by atoms with Crippen LogP contribution in [-0.2, 0) is 0 Å². The highest BCUT2D eigenvalue weighted by Gasteiger charge is 2.30. The molecule has 1 N–H and O–H groups in total. The van der Waals surface area contributed by atoms with Gasteiger partial charge in [0.1, 0.15) is 11.5 Å². The van der Waals surface area contributed by atoms with Crippen molar-refractivity contribution in [1.29, 1.82) is 0 Å². The fourth-order valence-corrected chi connectivity index (χ4v) is 3.20. The van der Waals surface area contributed by atoms with E-state index < -0.39 is 6.10 Å². The Balaban J connectivity index is 2.02. The Morgan fingerprint density at radius 3 is 2.12 bits per heavy atom. The Labute approximate surface area is 142 Å². The molecule has 0 heterocycles. The number of rotatable bonds is 4. The average molecular weight is 325 g/mol. The maximum atomic E-state index is 11.0. The van der Waals surface area contributed by atoms with E-state index in [-0.39, 0.29) is 5.92 Å². The van der Waals surface area contributed by atoms with E-state index in [2.05, 4.69) is 29.2 Å². The van der Waals surface area contributed by atoms with Crippen LogP contribution < -0.4 is 14.4 Å².